The van der Waals surface area contributed by atoms with Crippen LogP contribution in [0.2, 0.25) is 0 Å². The molecule has 1 saturated carbocycles. The van der Waals surface area contributed by atoms with Crippen molar-refractivity contribution in [2.45, 2.75) is 25.2 Å². The van der Waals surface area contributed by atoms with Gasteiger partial charge >= 0.3 is 5.97 Å². The van der Waals surface area contributed by atoms with Gasteiger partial charge in [0.15, 0.2) is 9.84 Å². The number of carbonyl (C=O) groups excluding carboxylic acids is 1. The number of nitrogens with zero attached hydrogens (tertiary/aromatic N) is 1. The van der Waals surface area contributed by atoms with Crippen molar-refractivity contribution < 1.29 is 17.9 Å². The molecular formula is C16H21NO4S. The van der Waals surface area contributed by atoms with Crippen molar-refractivity contribution in [3.63, 3.8) is 0 Å². The van der Waals surface area contributed by atoms with Crippen LogP contribution in [0.15, 0.2) is 18.2 Å². The number of aryl methyl sites for hydroxylation is 1. The minimum atomic E-state index is -2.89. The van der Waals surface area contributed by atoms with Gasteiger partial charge in [0.25, 0.3) is 0 Å². The number of ether oxygens (including phenoxy) is 1. The molecule has 0 amide bonds. The van der Waals surface area contributed by atoms with Crippen molar-refractivity contribution in [3.8, 4) is 0 Å². The first-order chi connectivity index (χ1) is 10.4. The molecule has 1 aliphatic heterocycles. The smallest absolute Gasteiger partial charge is 0.316 e. The van der Waals surface area contributed by atoms with Gasteiger partial charge in [0.2, 0.25) is 0 Å². The highest BCUT2D eigenvalue weighted by Crippen LogP contribution is 2.51. The van der Waals surface area contributed by atoms with Crippen molar-refractivity contribution in [3.05, 3.63) is 29.3 Å². The summed E-state index contributed by atoms with van der Waals surface area (Å²) < 4.78 is 28.1. The Balaban J connectivity index is 1.90. The van der Waals surface area contributed by atoms with Crippen LogP contribution in [0.1, 0.15) is 24.0 Å². The number of methoxy groups -OCH3 is 1. The fraction of sp³-hybridized carbons (Fsp3) is 0.562. The second-order valence-corrected chi connectivity index (χ2v) is 8.52. The molecular weight excluding hydrogens is 302 g/mol. The summed E-state index contributed by atoms with van der Waals surface area (Å²) in [4.78, 5) is 14.2. The average Bonchev–Trinajstić information content (AvgIpc) is 3.29. The van der Waals surface area contributed by atoms with Crippen LogP contribution < -0.4 is 4.90 Å². The molecule has 22 heavy (non-hydrogen) atoms. The summed E-state index contributed by atoms with van der Waals surface area (Å²) in [5, 5.41) is 0. The van der Waals surface area contributed by atoms with Crippen LogP contribution in [-0.4, -0.2) is 46.1 Å². The Morgan fingerprint density at radius 3 is 2.41 bits per heavy atom. The topological polar surface area (TPSA) is 63.7 Å². The lowest BCUT2D eigenvalue weighted by molar-refractivity contribution is -0.143. The first-order valence-electron chi connectivity index (χ1n) is 7.53. The van der Waals surface area contributed by atoms with Gasteiger partial charge in [0.1, 0.15) is 0 Å². The van der Waals surface area contributed by atoms with E-state index in [1.165, 1.54) is 7.11 Å². The van der Waals surface area contributed by atoms with E-state index >= 15 is 0 Å². The van der Waals surface area contributed by atoms with E-state index in [0.29, 0.717) is 13.1 Å². The van der Waals surface area contributed by atoms with Gasteiger partial charge in [-0.15, -0.1) is 0 Å². The summed E-state index contributed by atoms with van der Waals surface area (Å²) >= 11 is 0. The predicted octanol–water partition coefficient (Wildman–Crippen LogP) is 1.43. The van der Waals surface area contributed by atoms with Crippen LogP contribution in [-0.2, 0) is 24.8 Å². The number of esters is 1. The summed E-state index contributed by atoms with van der Waals surface area (Å²) in [5.41, 5.74) is 2.60. The van der Waals surface area contributed by atoms with Gasteiger partial charge in [0, 0.05) is 18.8 Å². The highest BCUT2D eigenvalue weighted by Gasteiger charge is 2.53. The van der Waals surface area contributed by atoms with E-state index in [1.807, 2.05) is 25.1 Å². The lowest BCUT2D eigenvalue weighted by Gasteiger charge is -2.30. The van der Waals surface area contributed by atoms with E-state index in [9.17, 15) is 13.2 Å². The van der Waals surface area contributed by atoms with Gasteiger partial charge in [0.05, 0.1) is 24.0 Å². The molecule has 2 aliphatic rings. The standard InChI is InChI=1S/C16H21NO4S/c1-12-3-4-13(17-7-9-22(19,20)10-8-17)11-14(12)16(5-6-16)15(18)21-2/h3-4,11H,5-10H2,1-2H3. The summed E-state index contributed by atoms with van der Waals surface area (Å²) in [6.45, 7) is 3.02. The maximum atomic E-state index is 12.1. The molecule has 2 fully saturated rings. The molecule has 6 heteroatoms. The minimum Gasteiger partial charge on any atom is -0.468 e. The lowest BCUT2D eigenvalue weighted by Crippen LogP contribution is -2.40. The number of hydrogen-bond donors (Lipinski definition) is 0. The number of anilines is 1. The number of carbonyl (C=O) groups is 1. The Morgan fingerprint density at radius 2 is 1.86 bits per heavy atom. The number of sulfone groups is 1. The number of benzene rings is 1. The van der Waals surface area contributed by atoms with Crippen molar-refractivity contribution in [1.82, 2.24) is 0 Å². The van der Waals surface area contributed by atoms with E-state index in [1.54, 1.807) is 0 Å². The molecule has 0 unspecified atom stereocenters. The van der Waals surface area contributed by atoms with Gasteiger partial charge in [-0.25, -0.2) is 8.42 Å². The molecule has 1 aromatic carbocycles. The fourth-order valence-electron chi connectivity index (χ4n) is 3.20. The van der Waals surface area contributed by atoms with Crippen LogP contribution in [0.4, 0.5) is 5.69 Å². The second kappa shape index (κ2) is 5.26. The van der Waals surface area contributed by atoms with Crippen molar-refractivity contribution in [1.29, 1.82) is 0 Å². The lowest BCUT2D eigenvalue weighted by atomic mass is 9.91. The van der Waals surface area contributed by atoms with Crippen LogP contribution >= 0.6 is 0 Å². The molecule has 0 radical (unpaired) electrons. The fourth-order valence-corrected chi connectivity index (χ4v) is 4.40. The molecule has 1 aromatic rings. The Morgan fingerprint density at radius 1 is 1.23 bits per heavy atom. The molecule has 0 spiro atoms. The first-order valence-corrected chi connectivity index (χ1v) is 9.35. The van der Waals surface area contributed by atoms with Crippen molar-refractivity contribution >= 4 is 21.5 Å². The second-order valence-electron chi connectivity index (χ2n) is 6.21. The van der Waals surface area contributed by atoms with E-state index in [-0.39, 0.29) is 17.5 Å². The third-order valence-corrected chi connectivity index (χ3v) is 6.38. The molecule has 3 rings (SSSR count). The highest BCUT2D eigenvalue weighted by molar-refractivity contribution is 7.91. The Bertz CT molecular complexity index is 693. The maximum Gasteiger partial charge on any atom is 0.316 e. The summed E-state index contributed by atoms with van der Waals surface area (Å²) in [7, 11) is -1.46. The zero-order chi connectivity index (χ0) is 16.0. The van der Waals surface area contributed by atoms with Crippen molar-refractivity contribution in [2.75, 3.05) is 36.6 Å². The zero-order valence-electron chi connectivity index (χ0n) is 13.0. The van der Waals surface area contributed by atoms with Gasteiger partial charge < -0.3 is 9.64 Å². The van der Waals surface area contributed by atoms with E-state index in [4.69, 9.17) is 4.74 Å². The largest absolute Gasteiger partial charge is 0.468 e. The summed E-state index contributed by atoms with van der Waals surface area (Å²) in [6.07, 6.45) is 1.64. The summed E-state index contributed by atoms with van der Waals surface area (Å²) in [6, 6.07) is 6.05. The molecule has 0 N–H and O–H groups in total. The van der Waals surface area contributed by atoms with Gasteiger partial charge in [-0.3, -0.25) is 4.79 Å². The minimum absolute atomic E-state index is 0.172. The molecule has 1 aliphatic carbocycles. The van der Waals surface area contributed by atoms with E-state index in [2.05, 4.69) is 4.90 Å². The predicted molar refractivity (Wildman–Crippen MR) is 85.0 cm³/mol. The molecule has 0 atom stereocenters. The Hall–Kier alpha value is -1.56. The third-order valence-electron chi connectivity index (χ3n) is 4.77. The Labute approximate surface area is 131 Å². The first kappa shape index (κ1) is 15.3. The molecule has 1 heterocycles. The zero-order valence-corrected chi connectivity index (χ0v) is 13.8. The van der Waals surface area contributed by atoms with Crippen molar-refractivity contribution in [2.24, 2.45) is 0 Å². The number of rotatable bonds is 3. The Kier molecular flexibility index (Phi) is 3.67. The maximum absolute atomic E-state index is 12.1. The quantitative estimate of drug-likeness (QED) is 0.788. The number of hydrogen-bond acceptors (Lipinski definition) is 5. The van der Waals surface area contributed by atoms with Crippen LogP contribution in [0.5, 0.6) is 0 Å². The van der Waals surface area contributed by atoms with Crippen LogP contribution in [0, 0.1) is 6.92 Å². The molecule has 0 aromatic heterocycles. The molecule has 0 bridgehead atoms. The van der Waals surface area contributed by atoms with Crippen LogP contribution in [0.25, 0.3) is 0 Å². The normalized spacial score (nSPS) is 22.2. The average molecular weight is 323 g/mol. The highest BCUT2D eigenvalue weighted by atomic mass is 32.2. The SMILES string of the molecule is COC(=O)C1(c2cc(N3CCS(=O)(=O)CC3)ccc2C)CC1. The molecule has 5 nitrogen and oxygen atoms in total. The van der Waals surface area contributed by atoms with Crippen LogP contribution in [0.3, 0.4) is 0 Å². The van der Waals surface area contributed by atoms with Gasteiger partial charge in [-0.05, 0) is 43.0 Å². The van der Waals surface area contributed by atoms with Gasteiger partial charge in [-0.2, -0.15) is 0 Å². The molecule has 1 saturated heterocycles. The van der Waals surface area contributed by atoms with E-state index in [0.717, 1.165) is 29.7 Å². The van der Waals surface area contributed by atoms with Gasteiger partial charge in [-0.1, -0.05) is 6.07 Å². The molecule has 120 valence electrons. The monoisotopic (exact) mass is 323 g/mol. The third kappa shape index (κ3) is 2.60. The van der Waals surface area contributed by atoms with E-state index < -0.39 is 15.3 Å². The summed E-state index contributed by atoms with van der Waals surface area (Å²) in [5.74, 6) is 0.213.